The van der Waals surface area contributed by atoms with E-state index in [9.17, 15) is 4.79 Å². The number of carbonyl (C=O) groups is 1. The van der Waals surface area contributed by atoms with Gasteiger partial charge in [0.2, 0.25) is 18.6 Å². The highest BCUT2D eigenvalue weighted by atomic mass is 16.7. The summed E-state index contributed by atoms with van der Waals surface area (Å²) >= 11 is 0. The number of amides is 1. The van der Waals surface area contributed by atoms with Gasteiger partial charge in [0.05, 0.1) is 5.92 Å². The van der Waals surface area contributed by atoms with Crippen LogP contribution in [-0.4, -0.2) is 46.0 Å². The van der Waals surface area contributed by atoms with Gasteiger partial charge in [-0.1, -0.05) is 5.16 Å². The smallest absolute Gasteiger partial charge is 0.276 e. The Morgan fingerprint density at radius 3 is 2.93 bits per heavy atom. The first-order valence-corrected chi connectivity index (χ1v) is 9.13. The normalized spacial score (nSPS) is 18.5. The minimum absolute atomic E-state index is 0.0130. The monoisotopic (exact) mass is 382 g/mol. The zero-order valence-corrected chi connectivity index (χ0v) is 15.3. The van der Waals surface area contributed by atoms with Crippen LogP contribution in [0.25, 0.3) is 11.5 Å². The van der Waals surface area contributed by atoms with E-state index < -0.39 is 0 Å². The van der Waals surface area contributed by atoms with Gasteiger partial charge in [-0.2, -0.15) is 0 Å². The van der Waals surface area contributed by atoms with Crippen molar-refractivity contribution in [3.05, 3.63) is 41.6 Å². The van der Waals surface area contributed by atoms with Crippen molar-refractivity contribution in [1.29, 1.82) is 0 Å². The van der Waals surface area contributed by atoms with Gasteiger partial charge in [0.1, 0.15) is 5.76 Å². The molecule has 1 amide bonds. The Bertz CT molecular complexity index is 1030. The highest BCUT2D eigenvalue weighted by Gasteiger charge is 2.30. The number of piperidine rings is 1. The average Bonchev–Trinajstić information content (AvgIpc) is 3.47. The number of fused-ring (bicyclic) bond motifs is 1. The molecule has 0 spiro atoms. The Kier molecular flexibility index (Phi) is 4.00. The van der Waals surface area contributed by atoms with Crippen LogP contribution in [0.1, 0.15) is 40.9 Å². The lowest BCUT2D eigenvalue weighted by Crippen LogP contribution is -2.39. The number of aryl methyl sites for hydroxylation is 1. The van der Waals surface area contributed by atoms with Crippen LogP contribution in [0.15, 0.2) is 33.2 Å². The molecule has 1 aromatic carbocycles. The van der Waals surface area contributed by atoms with Crippen molar-refractivity contribution in [3.63, 3.8) is 0 Å². The van der Waals surface area contributed by atoms with Crippen LogP contribution in [0.5, 0.6) is 11.5 Å². The second kappa shape index (κ2) is 6.66. The van der Waals surface area contributed by atoms with Crippen molar-refractivity contribution in [3.8, 4) is 23.0 Å². The van der Waals surface area contributed by atoms with Crippen molar-refractivity contribution in [2.24, 2.45) is 0 Å². The first-order chi connectivity index (χ1) is 13.7. The summed E-state index contributed by atoms with van der Waals surface area (Å²) in [4.78, 5) is 14.4. The summed E-state index contributed by atoms with van der Waals surface area (Å²) < 4.78 is 21.7. The maximum absolute atomic E-state index is 12.6. The number of hydrogen-bond donors (Lipinski definition) is 0. The average molecular weight is 382 g/mol. The van der Waals surface area contributed by atoms with Crippen LogP contribution in [-0.2, 0) is 0 Å². The Balaban J connectivity index is 1.33. The van der Waals surface area contributed by atoms with Crippen LogP contribution in [0.4, 0.5) is 0 Å². The summed E-state index contributed by atoms with van der Waals surface area (Å²) in [6.45, 7) is 3.15. The molecule has 0 unspecified atom stereocenters. The van der Waals surface area contributed by atoms with Gasteiger partial charge in [-0.25, -0.2) is 0 Å². The highest BCUT2D eigenvalue weighted by molar-refractivity contribution is 5.92. The molecule has 2 aliphatic rings. The number of aromatic nitrogens is 3. The predicted octanol–water partition coefficient (Wildman–Crippen LogP) is 2.78. The fourth-order valence-corrected chi connectivity index (χ4v) is 3.54. The van der Waals surface area contributed by atoms with Crippen molar-refractivity contribution in [2.45, 2.75) is 25.7 Å². The second-order valence-corrected chi connectivity index (χ2v) is 6.93. The van der Waals surface area contributed by atoms with Gasteiger partial charge < -0.3 is 23.3 Å². The van der Waals surface area contributed by atoms with Gasteiger partial charge in [0, 0.05) is 24.7 Å². The number of rotatable bonds is 3. The first kappa shape index (κ1) is 16.8. The predicted molar refractivity (Wildman–Crippen MR) is 95.0 cm³/mol. The summed E-state index contributed by atoms with van der Waals surface area (Å²) in [5, 5.41) is 12.2. The van der Waals surface area contributed by atoms with E-state index in [-0.39, 0.29) is 18.6 Å². The molecule has 0 N–H and O–H groups in total. The van der Waals surface area contributed by atoms with Crippen LogP contribution >= 0.6 is 0 Å². The quantitative estimate of drug-likeness (QED) is 0.681. The Labute approximate surface area is 160 Å². The van der Waals surface area contributed by atoms with E-state index in [1.165, 1.54) is 0 Å². The van der Waals surface area contributed by atoms with Gasteiger partial charge in [-0.05, 0) is 38.0 Å². The van der Waals surface area contributed by atoms with Gasteiger partial charge in [0.15, 0.2) is 17.2 Å². The highest BCUT2D eigenvalue weighted by Crippen LogP contribution is 2.36. The third kappa shape index (κ3) is 2.98. The van der Waals surface area contributed by atoms with Gasteiger partial charge >= 0.3 is 0 Å². The third-order valence-electron chi connectivity index (χ3n) is 4.97. The molecule has 4 heterocycles. The minimum Gasteiger partial charge on any atom is -0.454 e. The van der Waals surface area contributed by atoms with Gasteiger partial charge in [-0.3, -0.25) is 4.79 Å². The molecule has 0 bridgehead atoms. The second-order valence-electron chi connectivity index (χ2n) is 6.93. The number of hydrogen-bond acceptors (Lipinski definition) is 8. The van der Waals surface area contributed by atoms with Gasteiger partial charge in [0.25, 0.3) is 5.91 Å². The topological polar surface area (TPSA) is 104 Å². The van der Waals surface area contributed by atoms with Gasteiger partial charge in [-0.15, -0.1) is 10.2 Å². The fraction of sp³-hybridized carbons (Fsp3) is 0.368. The van der Waals surface area contributed by atoms with E-state index in [0.717, 1.165) is 18.4 Å². The molecule has 3 aromatic rings. The van der Waals surface area contributed by atoms with Crippen molar-refractivity contribution in [2.75, 3.05) is 19.9 Å². The SMILES string of the molecule is Cc1cc(C(=O)N2CCC[C@@H](c3nnc(-c4ccc5c(c4)OCO5)o3)C2)no1. The lowest BCUT2D eigenvalue weighted by atomic mass is 9.98. The van der Waals surface area contributed by atoms with Crippen LogP contribution in [0.2, 0.25) is 0 Å². The van der Waals surface area contributed by atoms with E-state index in [1.807, 2.05) is 18.2 Å². The van der Waals surface area contributed by atoms with E-state index in [4.69, 9.17) is 18.4 Å². The molecule has 5 rings (SSSR count). The molecule has 9 nitrogen and oxygen atoms in total. The molecule has 2 aromatic heterocycles. The number of benzene rings is 1. The molecule has 1 fully saturated rings. The third-order valence-corrected chi connectivity index (χ3v) is 4.97. The molecule has 1 saturated heterocycles. The van der Waals surface area contributed by atoms with Crippen LogP contribution in [0, 0.1) is 6.92 Å². The molecular weight excluding hydrogens is 364 g/mol. The molecule has 1 atom stereocenters. The standard InChI is InChI=1S/C19H18N4O5/c1-11-7-14(22-28-11)19(24)23-6-2-3-13(9-23)18-21-20-17(27-18)12-4-5-15-16(8-12)26-10-25-15/h4-5,7-8,13H,2-3,6,9-10H2,1H3/t13-/m1/s1. The lowest BCUT2D eigenvalue weighted by Gasteiger charge is -2.30. The van der Waals surface area contributed by atoms with E-state index in [0.29, 0.717) is 47.8 Å². The van der Waals surface area contributed by atoms with Crippen LogP contribution < -0.4 is 9.47 Å². The molecule has 28 heavy (non-hydrogen) atoms. The molecule has 0 radical (unpaired) electrons. The molecule has 2 aliphatic heterocycles. The molecule has 9 heteroatoms. The molecule has 144 valence electrons. The maximum Gasteiger partial charge on any atom is 0.276 e. The van der Waals surface area contributed by atoms with E-state index in [1.54, 1.807) is 17.9 Å². The van der Waals surface area contributed by atoms with Crippen LogP contribution in [0.3, 0.4) is 0 Å². The Morgan fingerprint density at radius 1 is 1.18 bits per heavy atom. The molecule has 0 aliphatic carbocycles. The number of nitrogens with zero attached hydrogens (tertiary/aromatic N) is 4. The summed E-state index contributed by atoms with van der Waals surface area (Å²) in [5.41, 5.74) is 1.09. The van der Waals surface area contributed by atoms with Crippen molar-refractivity contribution in [1.82, 2.24) is 20.3 Å². The Hall–Kier alpha value is -3.36. The zero-order valence-electron chi connectivity index (χ0n) is 15.3. The zero-order chi connectivity index (χ0) is 19.1. The summed E-state index contributed by atoms with van der Waals surface area (Å²) in [5.74, 6) is 2.77. The fourth-order valence-electron chi connectivity index (χ4n) is 3.54. The summed E-state index contributed by atoms with van der Waals surface area (Å²) in [6, 6.07) is 7.15. The van der Waals surface area contributed by atoms with E-state index >= 15 is 0 Å². The lowest BCUT2D eigenvalue weighted by molar-refractivity contribution is 0.0688. The molecule has 0 saturated carbocycles. The van der Waals surface area contributed by atoms with Crippen molar-refractivity contribution >= 4 is 5.91 Å². The number of carbonyl (C=O) groups excluding carboxylic acids is 1. The maximum atomic E-state index is 12.6. The van der Waals surface area contributed by atoms with E-state index in [2.05, 4.69) is 15.4 Å². The van der Waals surface area contributed by atoms with Crippen molar-refractivity contribution < 1.29 is 23.2 Å². The number of likely N-dealkylation sites (tertiary alicyclic amines) is 1. The largest absolute Gasteiger partial charge is 0.454 e. The summed E-state index contributed by atoms with van der Waals surface area (Å²) in [7, 11) is 0. The minimum atomic E-state index is -0.142. The first-order valence-electron chi connectivity index (χ1n) is 9.13. The Morgan fingerprint density at radius 2 is 2.07 bits per heavy atom. The number of ether oxygens (including phenoxy) is 2. The molecular formula is C19H18N4O5. The summed E-state index contributed by atoms with van der Waals surface area (Å²) in [6.07, 6.45) is 1.74.